The fraction of sp³-hybridized carbons (Fsp3) is 0.250. The number of rotatable bonds is 4. The Bertz CT molecular complexity index is 386. The predicted molar refractivity (Wildman–Crippen MR) is 57.8 cm³/mol. The van der Waals surface area contributed by atoms with Crippen molar-refractivity contribution in [1.82, 2.24) is 0 Å². The lowest BCUT2D eigenvalue weighted by molar-refractivity contribution is 0.409. The summed E-state index contributed by atoms with van der Waals surface area (Å²) in [6, 6.07) is 6.05. The molecule has 78 valence electrons. The van der Waals surface area contributed by atoms with Gasteiger partial charge in [0, 0.05) is 5.69 Å². The minimum Gasteiger partial charge on any atom is -0.399 e. The van der Waals surface area contributed by atoms with Crippen molar-refractivity contribution in [2.45, 2.75) is 4.90 Å². The van der Waals surface area contributed by atoms with E-state index in [2.05, 4.69) is 17.1 Å². The summed E-state index contributed by atoms with van der Waals surface area (Å²) in [6.07, 6.45) is 0. The van der Waals surface area contributed by atoms with Crippen LogP contribution in [0.1, 0.15) is 0 Å². The highest BCUT2D eigenvalue weighted by atomic mass is 32.2. The number of hydrogen-bond donors (Lipinski definition) is 2. The summed E-state index contributed by atoms with van der Waals surface area (Å²) >= 11 is 3.48. The van der Waals surface area contributed by atoms with Gasteiger partial charge in [0.05, 0.1) is 17.3 Å². The molecule has 0 amide bonds. The quantitative estimate of drug-likeness (QED) is 0.460. The highest BCUT2D eigenvalue weighted by Crippen LogP contribution is 2.13. The fourth-order valence-corrected chi connectivity index (χ4v) is 2.24. The van der Waals surface area contributed by atoms with Crippen molar-refractivity contribution in [3.8, 4) is 0 Å². The molecule has 0 heterocycles. The van der Waals surface area contributed by atoms with Crippen molar-refractivity contribution >= 4 is 28.4 Å². The van der Waals surface area contributed by atoms with Gasteiger partial charge >= 0.3 is 0 Å². The highest BCUT2D eigenvalue weighted by molar-refractivity contribution is 7.91. The largest absolute Gasteiger partial charge is 0.399 e. The molecule has 0 aromatic heterocycles. The molecule has 0 aliphatic carbocycles. The topological polar surface area (TPSA) is 69.4 Å². The molecule has 4 nitrogen and oxygen atoms in total. The van der Waals surface area contributed by atoms with Gasteiger partial charge in [0.25, 0.3) is 0 Å². The van der Waals surface area contributed by atoms with Crippen LogP contribution in [0.25, 0.3) is 0 Å². The monoisotopic (exact) mass is 233 g/mol. The molecule has 6 heteroatoms. The Morgan fingerprint density at radius 2 is 1.86 bits per heavy atom. The first kappa shape index (κ1) is 11.4. The van der Waals surface area contributed by atoms with Crippen molar-refractivity contribution in [3.05, 3.63) is 24.3 Å². The SMILES string of the molecule is Nc1ccc(S(=O)(=O)CCOS)cc1. The smallest absolute Gasteiger partial charge is 0.180 e. The normalized spacial score (nSPS) is 11.5. The van der Waals surface area contributed by atoms with Crippen molar-refractivity contribution < 1.29 is 12.6 Å². The highest BCUT2D eigenvalue weighted by Gasteiger charge is 2.13. The molecule has 1 rings (SSSR count). The Kier molecular flexibility index (Phi) is 3.79. The third-order valence-electron chi connectivity index (χ3n) is 1.68. The van der Waals surface area contributed by atoms with E-state index in [0.29, 0.717) is 5.69 Å². The van der Waals surface area contributed by atoms with Gasteiger partial charge in [-0.2, -0.15) is 0 Å². The first-order chi connectivity index (χ1) is 6.56. The number of nitrogens with two attached hydrogens (primary N) is 1. The van der Waals surface area contributed by atoms with Gasteiger partial charge in [0.1, 0.15) is 0 Å². The molecule has 0 aliphatic heterocycles. The number of benzene rings is 1. The van der Waals surface area contributed by atoms with Crippen LogP contribution < -0.4 is 5.73 Å². The zero-order valence-corrected chi connectivity index (χ0v) is 9.09. The molecular formula is C8H11NO3S2. The standard InChI is InChI=1S/C8H11NO3S2/c9-7-1-3-8(4-2-7)14(10,11)6-5-12-13/h1-4,13H,5-6,9H2. The molecule has 1 aromatic rings. The van der Waals surface area contributed by atoms with Gasteiger partial charge in [-0.05, 0) is 37.2 Å². The maximum atomic E-state index is 11.5. The van der Waals surface area contributed by atoms with Crippen LogP contribution in [-0.4, -0.2) is 20.8 Å². The Morgan fingerprint density at radius 3 is 2.36 bits per heavy atom. The maximum Gasteiger partial charge on any atom is 0.180 e. The fourth-order valence-electron chi connectivity index (χ4n) is 0.940. The molecule has 0 spiro atoms. The van der Waals surface area contributed by atoms with E-state index in [1.165, 1.54) is 12.1 Å². The zero-order valence-electron chi connectivity index (χ0n) is 7.38. The van der Waals surface area contributed by atoms with Crippen LogP contribution in [-0.2, 0) is 14.0 Å². The molecule has 0 unspecified atom stereocenters. The number of hydrogen-bond acceptors (Lipinski definition) is 5. The third-order valence-corrected chi connectivity index (χ3v) is 3.56. The Labute approximate surface area is 88.6 Å². The van der Waals surface area contributed by atoms with Crippen LogP contribution in [0.15, 0.2) is 29.2 Å². The summed E-state index contributed by atoms with van der Waals surface area (Å²) in [5.74, 6) is -0.0829. The number of nitrogen functional groups attached to an aromatic ring is 1. The van der Waals surface area contributed by atoms with Crippen LogP contribution in [0, 0.1) is 0 Å². The van der Waals surface area contributed by atoms with E-state index < -0.39 is 9.84 Å². The van der Waals surface area contributed by atoms with Gasteiger partial charge in [0.15, 0.2) is 9.84 Å². The van der Waals surface area contributed by atoms with E-state index in [1.807, 2.05) is 0 Å². The van der Waals surface area contributed by atoms with Crippen LogP contribution in [0.3, 0.4) is 0 Å². The molecular weight excluding hydrogens is 222 g/mol. The van der Waals surface area contributed by atoms with E-state index in [9.17, 15) is 8.42 Å². The zero-order chi connectivity index (χ0) is 10.6. The van der Waals surface area contributed by atoms with E-state index in [0.717, 1.165) is 0 Å². The van der Waals surface area contributed by atoms with Gasteiger partial charge in [-0.15, -0.1) is 0 Å². The minimum atomic E-state index is -3.27. The predicted octanol–water partition coefficient (Wildman–Crippen LogP) is 0.904. The summed E-state index contributed by atoms with van der Waals surface area (Å²) in [5, 5.41) is 0. The van der Waals surface area contributed by atoms with E-state index in [-0.39, 0.29) is 17.3 Å². The summed E-state index contributed by atoms with van der Waals surface area (Å²) in [4.78, 5) is 0.247. The van der Waals surface area contributed by atoms with Gasteiger partial charge < -0.3 is 9.92 Å². The molecule has 0 fully saturated rings. The lowest BCUT2D eigenvalue weighted by atomic mass is 10.3. The van der Waals surface area contributed by atoms with Crippen molar-refractivity contribution in [3.63, 3.8) is 0 Å². The van der Waals surface area contributed by atoms with E-state index in [1.54, 1.807) is 12.1 Å². The first-order valence-electron chi connectivity index (χ1n) is 3.91. The van der Waals surface area contributed by atoms with Crippen LogP contribution in [0.2, 0.25) is 0 Å². The maximum absolute atomic E-state index is 11.5. The summed E-state index contributed by atoms with van der Waals surface area (Å²) in [6.45, 7) is 0.0653. The molecule has 0 aliphatic rings. The summed E-state index contributed by atoms with van der Waals surface area (Å²) < 4.78 is 27.5. The third kappa shape index (κ3) is 2.90. The number of anilines is 1. The van der Waals surface area contributed by atoms with E-state index >= 15 is 0 Å². The molecule has 0 radical (unpaired) electrons. The number of thiol groups is 1. The minimum absolute atomic E-state index is 0.0653. The lowest BCUT2D eigenvalue weighted by Gasteiger charge is -2.03. The van der Waals surface area contributed by atoms with Gasteiger partial charge in [-0.3, -0.25) is 0 Å². The lowest BCUT2D eigenvalue weighted by Crippen LogP contribution is -2.10. The molecule has 2 N–H and O–H groups in total. The molecule has 1 aromatic carbocycles. The second-order valence-corrected chi connectivity index (χ2v) is 5.09. The van der Waals surface area contributed by atoms with Crippen molar-refractivity contribution in [2.24, 2.45) is 0 Å². The Hall–Kier alpha value is -0.720. The molecule has 14 heavy (non-hydrogen) atoms. The average molecular weight is 233 g/mol. The second kappa shape index (κ2) is 4.68. The van der Waals surface area contributed by atoms with Gasteiger partial charge in [-0.25, -0.2) is 8.42 Å². The number of sulfone groups is 1. The van der Waals surface area contributed by atoms with Crippen LogP contribution >= 0.6 is 12.9 Å². The second-order valence-electron chi connectivity index (χ2n) is 2.72. The van der Waals surface area contributed by atoms with Gasteiger partial charge in [0.2, 0.25) is 0 Å². The molecule has 0 saturated heterocycles. The Morgan fingerprint density at radius 1 is 1.29 bits per heavy atom. The average Bonchev–Trinajstić information content (AvgIpc) is 2.16. The van der Waals surface area contributed by atoms with Gasteiger partial charge in [-0.1, -0.05) is 0 Å². The van der Waals surface area contributed by atoms with Crippen molar-refractivity contribution in [1.29, 1.82) is 0 Å². The summed E-state index contributed by atoms with van der Waals surface area (Å²) in [5.41, 5.74) is 5.97. The van der Waals surface area contributed by atoms with Crippen LogP contribution in [0.5, 0.6) is 0 Å². The Balaban J connectivity index is 2.87. The first-order valence-corrected chi connectivity index (χ1v) is 5.92. The molecule has 0 bridgehead atoms. The van der Waals surface area contributed by atoms with Crippen molar-refractivity contribution in [2.75, 3.05) is 18.1 Å². The van der Waals surface area contributed by atoms with Crippen LogP contribution in [0.4, 0.5) is 5.69 Å². The molecule has 0 atom stereocenters. The molecule has 0 saturated carbocycles. The van der Waals surface area contributed by atoms with E-state index in [4.69, 9.17) is 5.73 Å². The summed E-state index contributed by atoms with van der Waals surface area (Å²) in [7, 11) is -3.27.